The van der Waals surface area contributed by atoms with Crippen LogP contribution >= 0.6 is 11.8 Å². The molecule has 1 heterocycles. The maximum atomic E-state index is 13.0. The molecular weight excluding hydrogens is 348 g/mol. The van der Waals surface area contributed by atoms with Crippen molar-refractivity contribution in [3.05, 3.63) is 64.4 Å². The average molecular weight is 370 g/mol. The number of benzene rings is 2. The van der Waals surface area contributed by atoms with Gasteiger partial charge in [0, 0.05) is 12.4 Å². The number of rotatable bonds is 8. The van der Waals surface area contributed by atoms with Crippen LogP contribution < -0.4 is 10.3 Å². The molecule has 0 N–H and O–H groups in total. The van der Waals surface area contributed by atoms with E-state index in [2.05, 4.69) is 0 Å². The number of hydrogen-bond donors (Lipinski definition) is 0. The van der Waals surface area contributed by atoms with E-state index in [1.165, 1.54) is 0 Å². The Labute approximate surface area is 157 Å². The zero-order valence-electron chi connectivity index (χ0n) is 15.0. The Bertz CT molecular complexity index is 922. The minimum Gasteiger partial charge on any atom is -0.497 e. The summed E-state index contributed by atoms with van der Waals surface area (Å²) >= 11 is 1.55. The molecular formula is C20H22N2O3S. The van der Waals surface area contributed by atoms with E-state index in [-0.39, 0.29) is 5.56 Å². The van der Waals surface area contributed by atoms with Gasteiger partial charge in [-0.1, -0.05) is 36.0 Å². The lowest BCUT2D eigenvalue weighted by molar-refractivity contribution is 0.164. The predicted octanol–water partition coefficient (Wildman–Crippen LogP) is 3.58. The summed E-state index contributed by atoms with van der Waals surface area (Å²) in [6.07, 6.45) is 0. The van der Waals surface area contributed by atoms with Crippen molar-refractivity contribution in [3.8, 4) is 5.75 Å². The number of hydrogen-bond acceptors (Lipinski definition) is 5. The zero-order chi connectivity index (χ0) is 18.4. The second kappa shape index (κ2) is 8.87. The molecule has 0 fully saturated rings. The lowest BCUT2D eigenvalue weighted by atomic mass is 10.2. The van der Waals surface area contributed by atoms with Crippen molar-refractivity contribution in [3.63, 3.8) is 0 Å². The average Bonchev–Trinajstić information content (AvgIpc) is 2.68. The molecule has 0 amide bonds. The molecule has 0 radical (unpaired) electrons. The Morgan fingerprint density at radius 2 is 1.88 bits per heavy atom. The number of aromatic nitrogens is 2. The molecule has 0 spiro atoms. The molecule has 0 aliphatic rings. The van der Waals surface area contributed by atoms with Crippen molar-refractivity contribution in [2.75, 3.05) is 26.1 Å². The fourth-order valence-electron chi connectivity index (χ4n) is 2.65. The van der Waals surface area contributed by atoms with E-state index in [0.29, 0.717) is 30.3 Å². The number of ether oxygens (including phenoxy) is 2. The summed E-state index contributed by atoms with van der Waals surface area (Å²) in [6.45, 7) is 3.76. The van der Waals surface area contributed by atoms with Gasteiger partial charge in [-0.05, 0) is 36.8 Å². The Hall–Kier alpha value is -2.31. The number of para-hydroxylation sites is 1. The molecule has 0 unspecified atom stereocenters. The zero-order valence-corrected chi connectivity index (χ0v) is 15.8. The maximum Gasteiger partial charge on any atom is 0.262 e. The number of methoxy groups -OCH3 is 1. The van der Waals surface area contributed by atoms with Crippen LogP contribution in [0.4, 0.5) is 0 Å². The second-order valence-corrected chi connectivity index (χ2v) is 6.76. The molecule has 3 aromatic rings. The molecule has 0 atom stereocenters. The topological polar surface area (TPSA) is 53.3 Å². The quantitative estimate of drug-likeness (QED) is 0.345. The fraction of sp³-hybridized carbons (Fsp3) is 0.300. The molecule has 0 saturated heterocycles. The smallest absolute Gasteiger partial charge is 0.262 e. The minimum atomic E-state index is -0.0228. The van der Waals surface area contributed by atoms with E-state index in [0.717, 1.165) is 22.6 Å². The third-order valence-corrected chi connectivity index (χ3v) is 4.93. The molecule has 6 heteroatoms. The molecule has 3 rings (SSSR count). The molecule has 136 valence electrons. The highest BCUT2D eigenvalue weighted by Gasteiger charge is 2.12. The first-order valence-corrected chi connectivity index (χ1v) is 9.54. The van der Waals surface area contributed by atoms with Crippen molar-refractivity contribution < 1.29 is 9.47 Å². The van der Waals surface area contributed by atoms with Gasteiger partial charge in [-0.3, -0.25) is 9.36 Å². The molecule has 26 heavy (non-hydrogen) atoms. The molecule has 1 aromatic heterocycles. The van der Waals surface area contributed by atoms with Crippen molar-refractivity contribution in [1.29, 1.82) is 0 Å². The van der Waals surface area contributed by atoms with Crippen molar-refractivity contribution >= 4 is 22.7 Å². The van der Waals surface area contributed by atoms with Gasteiger partial charge in [0.15, 0.2) is 5.16 Å². The molecule has 0 aliphatic carbocycles. The van der Waals surface area contributed by atoms with Crippen molar-refractivity contribution in [2.24, 2.45) is 0 Å². The lowest BCUT2D eigenvalue weighted by Gasteiger charge is -2.13. The van der Waals surface area contributed by atoms with Gasteiger partial charge < -0.3 is 9.47 Å². The standard InChI is InChI=1S/C20H22N2O3S/c1-3-25-12-13-26-20-21-18-7-5-4-6-17(18)19(23)22(20)14-15-8-10-16(24-2)11-9-15/h4-11H,3,12-14H2,1-2H3. The predicted molar refractivity (Wildman–Crippen MR) is 105 cm³/mol. The molecule has 0 saturated carbocycles. The summed E-state index contributed by atoms with van der Waals surface area (Å²) in [6, 6.07) is 15.2. The SMILES string of the molecule is CCOCCSc1nc2ccccc2c(=O)n1Cc1ccc(OC)cc1. The normalized spacial score (nSPS) is 11.0. The first kappa shape index (κ1) is 18.5. The third-order valence-electron chi connectivity index (χ3n) is 3.99. The Kier molecular flexibility index (Phi) is 6.30. The highest BCUT2D eigenvalue weighted by molar-refractivity contribution is 7.99. The molecule has 5 nitrogen and oxygen atoms in total. The van der Waals surface area contributed by atoms with Gasteiger partial charge in [0.05, 0.1) is 31.2 Å². The Balaban J connectivity index is 1.96. The van der Waals surface area contributed by atoms with Crippen LogP contribution in [0.15, 0.2) is 58.5 Å². The van der Waals surface area contributed by atoms with Gasteiger partial charge in [0.25, 0.3) is 5.56 Å². The maximum absolute atomic E-state index is 13.0. The largest absolute Gasteiger partial charge is 0.497 e. The van der Waals surface area contributed by atoms with Crippen LogP contribution in [0.1, 0.15) is 12.5 Å². The Morgan fingerprint density at radius 3 is 2.62 bits per heavy atom. The van der Waals surface area contributed by atoms with Gasteiger partial charge in [0.1, 0.15) is 5.75 Å². The van der Waals surface area contributed by atoms with Gasteiger partial charge in [-0.15, -0.1) is 0 Å². The van der Waals surface area contributed by atoms with E-state index in [1.807, 2.05) is 55.5 Å². The van der Waals surface area contributed by atoms with E-state index in [4.69, 9.17) is 14.5 Å². The Morgan fingerprint density at radius 1 is 1.12 bits per heavy atom. The molecule has 0 aliphatic heterocycles. The number of nitrogens with zero attached hydrogens (tertiary/aromatic N) is 2. The fourth-order valence-corrected chi connectivity index (χ4v) is 3.50. The van der Waals surface area contributed by atoms with Gasteiger partial charge in [0.2, 0.25) is 0 Å². The van der Waals surface area contributed by atoms with Crippen molar-refractivity contribution in [2.45, 2.75) is 18.6 Å². The van der Waals surface area contributed by atoms with Crippen LogP contribution in [0.25, 0.3) is 10.9 Å². The molecule has 2 aromatic carbocycles. The van der Waals surface area contributed by atoms with Gasteiger partial charge in [-0.25, -0.2) is 4.98 Å². The second-order valence-electron chi connectivity index (χ2n) is 5.70. The summed E-state index contributed by atoms with van der Waals surface area (Å²) in [5.74, 6) is 1.55. The van der Waals surface area contributed by atoms with Crippen LogP contribution in [0.3, 0.4) is 0 Å². The van der Waals surface area contributed by atoms with E-state index in [1.54, 1.807) is 23.4 Å². The summed E-state index contributed by atoms with van der Waals surface area (Å²) in [7, 11) is 1.64. The first-order chi connectivity index (χ1) is 12.7. The summed E-state index contributed by atoms with van der Waals surface area (Å²) < 4.78 is 12.3. The van der Waals surface area contributed by atoms with Crippen LogP contribution in [-0.2, 0) is 11.3 Å². The highest BCUT2D eigenvalue weighted by Crippen LogP contribution is 2.19. The van der Waals surface area contributed by atoms with Crippen LogP contribution in [-0.4, -0.2) is 35.6 Å². The third kappa shape index (κ3) is 4.26. The summed E-state index contributed by atoms with van der Waals surface area (Å²) in [4.78, 5) is 17.7. The van der Waals surface area contributed by atoms with E-state index < -0.39 is 0 Å². The van der Waals surface area contributed by atoms with Crippen LogP contribution in [0.2, 0.25) is 0 Å². The summed E-state index contributed by atoms with van der Waals surface area (Å²) in [5, 5.41) is 1.35. The highest BCUT2D eigenvalue weighted by atomic mass is 32.2. The lowest BCUT2D eigenvalue weighted by Crippen LogP contribution is -2.24. The monoisotopic (exact) mass is 370 g/mol. The van der Waals surface area contributed by atoms with Gasteiger partial charge >= 0.3 is 0 Å². The number of fused-ring (bicyclic) bond motifs is 1. The molecule has 0 bridgehead atoms. The first-order valence-electron chi connectivity index (χ1n) is 8.56. The van der Waals surface area contributed by atoms with Crippen LogP contribution in [0, 0.1) is 0 Å². The van der Waals surface area contributed by atoms with Crippen LogP contribution in [0.5, 0.6) is 5.75 Å². The summed E-state index contributed by atoms with van der Waals surface area (Å²) in [5.41, 5.74) is 1.73. The van der Waals surface area contributed by atoms with E-state index >= 15 is 0 Å². The van der Waals surface area contributed by atoms with Crippen molar-refractivity contribution in [1.82, 2.24) is 9.55 Å². The van der Waals surface area contributed by atoms with Gasteiger partial charge in [-0.2, -0.15) is 0 Å². The minimum absolute atomic E-state index is 0.0228. The number of thioether (sulfide) groups is 1. The van der Waals surface area contributed by atoms with E-state index in [9.17, 15) is 4.79 Å².